The number of amides is 2. The van der Waals surface area contributed by atoms with Gasteiger partial charge in [-0.1, -0.05) is 32.6 Å². The first kappa shape index (κ1) is 12.0. The Morgan fingerprint density at radius 3 is 2.67 bits per heavy atom. The van der Waals surface area contributed by atoms with Gasteiger partial charge in [0.25, 0.3) is 0 Å². The van der Waals surface area contributed by atoms with Gasteiger partial charge in [-0.25, -0.2) is 0 Å². The number of hydrogen-bond donors (Lipinski definition) is 2. The van der Waals surface area contributed by atoms with Gasteiger partial charge < -0.3 is 10.6 Å². The van der Waals surface area contributed by atoms with Gasteiger partial charge in [0.2, 0.25) is 11.8 Å². The summed E-state index contributed by atoms with van der Waals surface area (Å²) in [6.07, 6.45) is 6.25. The molecule has 1 heterocycles. The minimum absolute atomic E-state index is 0.00588. The van der Waals surface area contributed by atoms with Gasteiger partial charge in [0, 0.05) is 13.0 Å². The molecule has 0 aromatic heterocycles. The van der Waals surface area contributed by atoms with E-state index in [0.29, 0.717) is 13.0 Å². The van der Waals surface area contributed by atoms with Crippen LogP contribution in [0, 0.1) is 0 Å². The summed E-state index contributed by atoms with van der Waals surface area (Å²) in [5, 5.41) is 5.30. The summed E-state index contributed by atoms with van der Waals surface area (Å²) in [7, 11) is 0. The molecule has 86 valence electrons. The van der Waals surface area contributed by atoms with E-state index < -0.39 is 0 Å². The summed E-state index contributed by atoms with van der Waals surface area (Å²) in [5.74, 6) is -0.0549. The van der Waals surface area contributed by atoms with E-state index in [-0.39, 0.29) is 17.9 Å². The molecular weight excluding hydrogens is 192 g/mol. The molecule has 0 unspecified atom stereocenters. The molecule has 0 bridgehead atoms. The van der Waals surface area contributed by atoms with Gasteiger partial charge in [0.15, 0.2) is 0 Å². The van der Waals surface area contributed by atoms with E-state index in [4.69, 9.17) is 0 Å². The van der Waals surface area contributed by atoms with Crippen molar-refractivity contribution in [3.8, 4) is 0 Å². The molecule has 0 spiro atoms. The van der Waals surface area contributed by atoms with Crippen LogP contribution in [-0.4, -0.2) is 24.4 Å². The highest BCUT2D eigenvalue weighted by atomic mass is 16.2. The molecule has 1 aliphatic rings. The monoisotopic (exact) mass is 212 g/mol. The molecule has 0 radical (unpaired) electrons. The minimum Gasteiger partial charge on any atom is -0.352 e. The zero-order chi connectivity index (χ0) is 11.1. The third-order valence-electron chi connectivity index (χ3n) is 2.64. The predicted octanol–water partition coefficient (Wildman–Crippen LogP) is 0.961. The Hall–Kier alpha value is -1.06. The van der Waals surface area contributed by atoms with E-state index in [1.54, 1.807) is 0 Å². The molecular formula is C11H20N2O2. The molecule has 0 aliphatic carbocycles. The molecule has 1 rings (SSSR count). The summed E-state index contributed by atoms with van der Waals surface area (Å²) in [6.45, 7) is 2.75. The fourth-order valence-electron chi connectivity index (χ4n) is 1.56. The number of unbranched alkanes of at least 4 members (excludes halogenated alkanes) is 4. The van der Waals surface area contributed by atoms with Crippen molar-refractivity contribution in [3.63, 3.8) is 0 Å². The van der Waals surface area contributed by atoms with E-state index in [2.05, 4.69) is 17.6 Å². The van der Waals surface area contributed by atoms with Crippen molar-refractivity contribution in [2.75, 3.05) is 6.54 Å². The maximum Gasteiger partial charge on any atom is 0.244 e. The molecule has 15 heavy (non-hydrogen) atoms. The Morgan fingerprint density at radius 1 is 1.40 bits per heavy atom. The van der Waals surface area contributed by atoms with Gasteiger partial charge in [-0.05, 0) is 6.42 Å². The first-order chi connectivity index (χ1) is 7.24. The molecule has 4 nitrogen and oxygen atoms in total. The molecule has 0 saturated carbocycles. The van der Waals surface area contributed by atoms with Crippen LogP contribution in [0.4, 0.5) is 0 Å². The van der Waals surface area contributed by atoms with E-state index >= 15 is 0 Å². The lowest BCUT2D eigenvalue weighted by molar-refractivity contribution is -0.133. The highest BCUT2D eigenvalue weighted by Crippen LogP contribution is 2.05. The fourth-order valence-corrected chi connectivity index (χ4v) is 1.56. The molecule has 1 aliphatic heterocycles. The van der Waals surface area contributed by atoms with Crippen molar-refractivity contribution >= 4 is 11.8 Å². The van der Waals surface area contributed by atoms with Crippen LogP contribution < -0.4 is 10.6 Å². The van der Waals surface area contributed by atoms with Crippen LogP contribution in [0.25, 0.3) is 0 Å². The van der Waals surface area contributed by atoms with Crippen LogP contribution in [0.3, 0.4) is 0 Å². The third-order valence-corrected chi connectivity index (χ3v) is 2.64. The zero-order valence-electron chi connectivity index (χ0n) is 9.34. The van der Waals surface area contributed by atoms with Crippen molar-refractivity contribution in [2.24, 2.45) is 0 Å². The number of hydrogen-bond acceptors (Lipinski definition) is 2. The topological polar surface area (TPSA) is 58.2 Å². The van der Waals surface area contributed by atoms with E-state index in [0.717, 1.165) is 12.8 Å². The lowest BCUT2D eigenvalue weighted by atomic mass is 10.1. The Kier molecular flexibility index (Phi) is 5.15. The van der Waals surface area contributed by atoms with Crippen LogP contribution in [0.1, 0.15) is 45.4 Å². The van der Waals surface area contributed by atoms with Crippen molar-refractivity contribution in [2.45, 2.75) is 51.5 Å². The fraction of sp³-hybridized carbons (Fsp3) is 0.818. The van der Waals surface area contributed by atoms with E-state index in [9.17, 15) is 9.59 Å². The number of β-lactam (4-membered cyclic amide) rings is 1. The highest BCUT2D eigenvalue weighted by Gasteiger charge is 2.28. The Balaban J connectivity index is 1.96. The van der Waals surface area contributed by atoms with Gasteiger partial charge in [0.1, 0.15) is 6.04 Å². The summed E-state index contributed by atoms with van der Waals surface area (Å²) in [4.78, 5) is 22.2. The summed E-state index contributed by atoms with van der Waals surface area (Å²) in [5.41, 5.74) is 0. The average Bonchev–Trinajstić information content (AvgIpc) is 2.23. The lowest BCUT2D eigenvalue weighted by Crippen LogP contribution is -2.61. The molecule has 1 saturated heterocycles. The zero-order valence-corrected chi connectivity index (χ0v) is 9.34. The Bertz CT molecular complexity index is 229. The smallest absolute Gasteiger partial charge is 0.244 e. The van der Waals surface area contributed by atoms with E-state index in [1.165, 1.54) is 19.3 Å². The quantitative estimate of drug-likeness (QED) is 0.488. The molecule has 2 amide bonds. The number of nitrogens with one attached hydrogen (secondary N) is 2. The maximum absolute atomic E-state index is 11.3. The standard InChI is InChI=1S/C11H20N2O2/c1-2-3-4-5-6-7-10(14)13-9-8-12-11(9)15/h9H,2-8H2,1H3,(H,12,15)(H,13,14)/t9-/m0/s1. The van der Waals surface area contributed by atoms with Gasteiger partial charge in [-0.3, -0.25) is 9.59 Å². The van der Waals surface area contributed by atoms with Crippen LogP contribution in [-0.2, 0) is 9.59 Å². The molecule has 0 aromatic carbocycles. The summed E-state index contributed by atoms with van der Waals surface area (Å²) >= 11 is 0. The maximum atomic E-state index is 11.3. The largest absolute Gasteiger partial charge is 0.352 e. The number of carbonyl (C=O) groups is 2. The predicted molar refractivity (Wildman–Crippen MR) is 58.3 cm³/mol. The molecule has 1 fully saturated rings. The Morgan fingerprint density at radius 2 is 2.13 bits per heavy atom. The lowest BCUT2D eigenvalue weighted by Gasteiger charge is -2.26. The Labute approximate surface area is 90.8 Å². The van der Waals surface area contributed by atoms with Crippen molar-refractivity contribution in [3.05, 3.63) is 0 Å². The molecule has 1 atom stereocenters. The highest BCUT2D eigenvalue weighted by molar-refractivity contribution is 5.92. The van der Waals surface area contributed by atoms with E-state index in [1.807, 2.05) is 0 Å². The average molecular weight is 212 g/mol. The van der Waals surface area contributed by atoms with Crippen LogP contribution in [0.5, 0.6) is 0 Å². The summed E-state index contributed by atoms with van der Waals surface area (Å²) < 4.78 is 0. The van der Waals surface area contributed by atoms with Gasteiger partial charge in [-0.15, -0.1) is 0 Å². The molecule has 2 N–H and O–H groups in total. The third kappa shape index (κ3) is 4.32. The SMILES string of the molecule is CCCCCCCC(=O)N[C@H]1CNC1=O. The normalized spacial score (nSPS) is 19.3. The van der Waals surface area contributed by atoms with Crippen LogP contribution in [0.2, 0.25) is 0 Å². The first-order valence-corrected chi connectivity index (χ1v) is 5.81. The second-order valence-electron chi connectivity index (χ2n) is 4.03. The summed E-state index contributed by atoms with van der Waals surface area (Å²) in [6, 6.07) is -0.270. The van der Waals surface area contributed by atoms with Crippen molar-refractivity contribution in [1.82, 2.24) is 10.6 Å². The van der Waals surface area contributed by atoms with Gasteiger partial charge in [-0.2, -0.15) is 0 Å². The van der Waals surface area contributed by atoms with Gasteiger partial charge in [0.05, 0.1) is 0 Å². The molecule has 4 heteroatoms. The van der Waals surface area contributed by atoms with Crippen LogP contribution >= 0.6 is 0 Å². The van der Waals surface area contributed by atoms with Crippen molar-refractivity contribution < 1.29 is 9.59 Å². The second-order valence-corrected chi connectivity index (χ2v) is 4.03. The van der Waals surface area contributed by atoms with Gasteiger partial charge >= 0.3 is 0 Å². The minimum atomic E-state index is -0.270. The number of carbonyl (C=O) groups excluding carboxylic acids is 2. The second kappa shape index (κ2) is 6.43. The van der Waals surface area contributed by atoms with Crippen LogP contribution in [0.15, 0.2) is 0 Å². The first-order valence-electron chi connectivity index (χ1n) is 5.81. The van der Waals surface area contributed by atoms with Crippen molar-refractivity contribution in [1.29, 1.82) is 0 Å². The number of rotatable bonds is 7. The molecule has 0 aromatic rings.